The first-order valence-corrected chi connectivity index (χ1v) is 5.63. The van der Waals surface area contributed by atoms with Crippen LogP contribution in [-0.2, 0) is 6.42 Å². The van der Waals surface area contributed by atoms with E-state index in [9.17, 15) is 4.79 Å². The minimum Gasteiger partial charge on any atom is -0.293 e. The number of hydrogen-bond acceptors (Lipinski definition) is 2. The first kappa shape index (κ1) is 11.9. The van der Waals surface area contributed by atoms with E-state index in [1.807, 2.05) is 19.1 Å². The fourth-order valence-corrected chi connectivity index (χ4v) is 1.71. The Morgan fingerprint density at radius 1 is 1.60 bits per heavy atom. The van der Waals surface area contributed by atoms with E-state index in [1.54, 1.807) is 13.0 Å². The van der Waals surface area contributed by atoms with Gasteiger partial charge in [0.15, 0.2) is 5.78 Å². The summed E-state index contributed by atoms with van der Waals surface area (Å²) in [5, 5.41) is 8.72. The molecule has 1 atom stereocenters. The molecule has 0 fully saturated rings. The third kappa shape index (κ3) is 2.66. The second kappa shape index (κ2) is 5.09. The summed E-state index contributed by atoms with van der Waals surface area (Å²) in [6, 6.07) is 7.63. The van der Waals surface area contributed by atoms with Crippen LogP contribution in [0, 0.1) is 18.3 Å². The van der Waals surface area contributed by atoms with Crippen molar-refractivity contribution in [2.75, 3.05) is 0 Å². The third-order valence-electron chi connectivity index (χ3n) is 2.29. The molecule has 0 heterocycles. The van der Waals surface area contributed by atoms with Crippen molar-refractivity contribution in [2.45, 2.75) is 25.1 Å². The normalized spacial score (nSPS) is 11.9. The molecule has 0 aliphatic heterocycles. The van der Waals surface area contributed by atoms with Crippen LogP contribution in [0.2, 0.25) is 0 Å². The van der Waals surface area contributed by atoms with Gasteiger partial charge in [-0.3, -0.25) is 4.79 Å². The Kier molecular flexibility index (Phi) is 4.05. The second-order valence-electron chi connectivity index (χ2n) is 3.42. The van der Waals surface area contributed by atoms with Crippen LogP contribution >= 0.6 is 15.9 Å². The van der Waals surface area contributed by atoms with Crippen LogP contribution in [0.4, 0.5) is 0 Å². The molecule has 0 bridgehead atoms. The summed E-state index contributed by atoms with van der Waals surface area (Å²) in [6.45, 7) is 3.71. The number of alkyl halides is 1. The van der Waals surface area contributed by atoms with Gasteiger partial charge in [-0.1, -0.05) is 34.1 Å². The van der Waals surface area contributed by atoms with Crippen LogP contribution in [-0.4, -0.2) is 10.6 Å². The van der Waals surface area contributed by atoms with Gasteiger partial charge in [-0.2, -0.15) is 5.26 Å². The molecule has 0 spiro atoms. The first-order valence-electron chi connectivity index (χ1n) is 4.71. The van der Waals surface area contributed by atoms with Crippen molar-refractivity contribution in [1.82, 2.24) is 0 Å². The summed E-state index contributed by atoms with van der Waals surface area (Å²) in [4.78, 5) is 11.6. The van der Waals surface area contributed by atoms with Gasteiger partial charge in [0, 0.05) is 5.56 Å². The zero-order chi connectivity index (χ0) is 11.4. The standard InChI is InChI=1S/C12H12BrNO/c1-8-4-3-5-11(10(8)6-7-14)12(15)9(2)13/h3-5,9H,6H2,1-2H3. The molecule has 1 aromatic carbocycles. The average molecular weight is 266 g/mol. The number of nitriles is 1. The highest BCUT2D eigenvalue weighted by molar-refractivity contribution is 9.10. The van der Waals surface area contributed by atoms with Gasteiger partial charge in [0.1, 0.15) is 0 Å². The van der Waals surface area contributed by atoms with E-state index >= 15 is 0 Å². The maximum Gasteiger partial charge on any atom is 0.176 e. The monoisotopic (exact) mass is 265 g/mol. The summed E-state index contributed by atoms with van der Waals surface area (Å²) >= 11 is 3.25. The van der Waals surface area contributed by atoms with Gasteiger partial charge in [0.05, 0.1) is 17.3 Å². The predicted octanol–water partition coefficient (Wildman–Crippen LogP) is 3.03. The Morgan fingerprint density at radius 3 is 2.80 bits per heavy atom. The van der Waals surface area contributed by atoms with Crippen molar-refractivity contribution in [3.63, 3.8) is 0 Å². The summed E-state index contributed by atoms with van der Waals surface area (Å²) in [5.74, 6) is 0.0314. The second-order valence-corrected chi connectivity index (χ2v) is 4.79. The zero-order valence-corrected chi connectivity index (χ0v) is 10.3. The minimum atomic E-state index is -0.211. The lowest BCUT2D eigenvalue weighted by molar-refractivity contribution is 0.0995. The van der Waals surface area contributed by atoms with Crippen LogP contribution in [0.1, 0.15) is 28.4 Å². The van der Waals surface area contributed by atoms with E-state index in [4.69, 9.17) is 5.26 Å². The van der Waals surface area contributed by atoms with Gasteiger partial charge in [-0.15, -0.1) is 0 Å². The highest BCUT2D eigenvalue weighted by atomic mass is 79.9. The molecular formula is C12H12BrNO. The lowest BCUT2D eigenvalue weighted by Gasteiger charge is -2.10. The average Bonchev–Trinajstić information content (AvgIpc) is 2.20. The molecule has 0 aromatic heterocycles. The number of benzene rings is 1. The van der Waals surface area contributed by atoms with Crippen molar-refractivity contribution < 1.29 is 4.79 Å². The maximum absolute atomic E-state index is 11.8. The highest BCUT2D eigenvalue weighted by Gasteiger charge is 2.16. The maximum atomic E-state index is 11.8. The van der Waals surface area contributed by atoms with Crippen LogP contribution in [0.25, 0.3) is 0 Å². The molecule has 0 amide bonds. The summed E-state index contributed by atoms with van der Waals surface area (Å²) < 4.78 is 0. The fourth-order valence-electron chi connectivity index (χ4n) is 1.46. The largest absolute Gasteiger partial charge is 0.293 e. The molecule has 1 unspecified atom stereocenters. The Balaban J connectivity index is 3.23. The Morgan fingerprint density at radius 2 is 2.27 bits per heavy atom. The van der Waals surface area contributed by atoms with Crippen molar-refractivity contribution in [3.8, 4) is 6.07 Å². The van der Waals surface area contributed by atoms with E-state index in [-0.39, 0.29) is 17.0 Å². The summed E-state index contributed by atoms with van der Waals surface area (Å²) in [6.07, 6.45) is 0.285. The molecule has 0 saturated carbocycles. The van der Waals surface area contributed by atoms with Crippen LogP contribution in [0.5, 0.6) is 0 Å². The Hall–Kier alpha value is -1.14. The molecule has 1 aromatic rings. The van der Waals surface area contributed by atoms with Crippen molar-refractivity contribution in [3.05, 3.63) is 34.9 Å². The number of nitrogens with zero attached hydrogens (tertiary/aromatic N) is 1. The molecular weight excluding hydrogens is 254 g/mol. The molecule has 0 aliphatic carbocycles. The van der Waals surface area contributed by atoms with Crippen molar-refractivity contribution in [1.29, 1.82) is 5.26 Å². The Bertz CT molecular complexity index is 418. The van der Waals surface area contributed by atoms with E-state index < -0.39 is 0 Å². The van der Waals surface area contributed by atoms with Crippen molar-refractivity contribution in [2.24, 2.45) is 0 Å². The highest BCUT2D eigenvalue weighted by Crippen LogP contribution is 2.18. The van der Waals surface area contributed by atoms with Gasteiger partial charge < -0.3 is 0 Å². The van der Waals surface area contributed by atoms with E-state index in [0.717, 1.165) is 11.1 Å². The van der Waals surface area contributed by atoms with Crippen LogP contribution < -0.4 is 0 Å². The third-order valence-corrected chi connectivity index (χ3v) is 2.71. The minimum absolute atomic E-state index is 0.0314. The van der Waals surface area contributed by atoms with E-state index in [1.165, 1.54) is 0 Å². The lowest BCUT2D eigenvalue weighted by Crippen LogP contribution is -2.13. The number of carbonyl (C=O) groups is 1. The molecule has 0 radical (unpaired) electrons. The van der Waals surface area contributed by atoms with Gasteiger partial charge in [0.25, 0.3) is 0 Å². The molecule has 0 N–H and O–H groups in total. The van der Waals surface area contributed by atoms with Crippen LogP contribution in [0.3, 0.4) is 0 Å². The number of rotatable bonds is 3. The predicted molar refractivity (Wildman–Crippen MR) is 63.2 cm³/mol. The first-order chi connectivity index (χ1) is 7.07. The number of hydrogen-bond donors (Lipinski definition) is 0. The number of carbonyl (C=O) groups excluding carboxylic acids is 1. The van der Waals surface area contributed by atoms with Crippen molar-refractivity contribution >= 4 is 21.7 Å². The SMILES string of the molecule is Cc1cccc(C(=O)C(C)Br)c1CC#N. The number of aryl methyl sites for hydroxylation is 1. The Labute approximate surface area is 98.0 Å². The van der Waals surface area contributed by atoms with Gasteiger partial charge >= 0.3 is 0 Å². The molecule has 3 heteroatoms. The van der Waals surface area contributed by atoms with E-state index in [2.05, 4.69) is 22.0 Å². The summed E-state index contributed by atoms with van der Waals surface area (Å²) in [5.41, 5.74) is 2.49. The quantitative estimate of drug-likeness (QED) is 0.623. The molecule has 0 saturated heterocycles. The van der Waals surface area contributed by atoms with Gasteiger partial charge in [0.2, 0.25) is 0 Å². The zero-order valence-electron chi connectivity index (χ0n) is 8.75. The number of Topliss-reactive ketones (excluding diaryl/α,β-unsaturated/α-hetero) is 1. The fraction of sp³-hybridized carbons (Fsp3) is 0.333. The van der Waals surface area contributed by atoms with Gasteiger partial charge in [-0.05, 0) is 25.0 Å². The van der Waals surface area contributed by atoms with Gasteiger partial charge in [-0.25, -0.2) is 0 Å². The molecule has 0 aliphatic rings. The van der Waals surface area contributed by atoms with E-state index in [0.29, 0.717) is 5.56 Å². The molecule has 1 rings (SSSR count). The lowest BCUT2D eigenvalue weighted by atomic mass is 9.96. The summed E-state index contributed by atoms with van der Waals surface area (Å²) in [7, 11) is 0. The van der Waals surface area contributed by atoms with Crippen LogP contribution in [0.15, 0.2) is 18.2 Å². The molecule has 78 valence electrons. The number of ketones is 1. The topological polar surface area (TPSA) is 40.9 Å². The molecule has 2 nitrogen and oxygen atoms in total. The number of halogens is 1. The molecule has 15 heavy (non-hydrogen) atoms. The smallest absolute Gasteiger partial charge is 0.176 e.